The second-order valence-corrected chi connectivity index (χ2v) is 6.86. The van der Waals surface area contributed by atoms with Crippen LogP contribution in [0.1, 0.15) is 39.3 Å². The number of halogens is 1. The molecule has 128 valence electrons. The van der Waals surface area contributed by atoms with Crippen LogP contribution in [0, 0.1) is 5.41 Å². The molecule has 0 heterocycles. The molecule has 0 aromatic heterocycles. The highest BCUT2D eigenvalue weighted by molar-refractivity contribution is 6.30. The van der Waals surface area contributed by atoms with Crippen molar-refractivity contribution in [3.05, 3.63) is 34.9 Å². The van der Waals surface area contributed by atoms with Crippen LogP contribution < -0.4 is 16.0 Å². The highest BCUT2D eigenvalue weighted by Gasteiger charge is 2.20. The fraction of sp³-hybridized carbons (Fsp3) is 0.529. The van der Waals surface area contributed by atoms with Crippen molar-refractivity contribution in [3.63, 3.8) is 0 Å². The first kappa shape index (κ1) is 19.3. The maximum Gasteiger partial charge on any atom is 0.225 e. The smallest absolute Gasteiger partial charge is 0.225 e. The molecule has 3 N–H and O–H groups in total. The van der Waals surface area contributed by atoms with Crippen LogP contribution in [0.5, 0.6) is 0 Å². The van der Waals surface area contributed by atoms with E-state index in [1.165, 1.54) is 0 Å². The lowest BCUT2D eigenvalue weighted by atomic mass is 9.96. The molecule has 6 heteroatoms. The molecule has 0 bridgehead atoms. The average molecular weight is 339 g/mol. The molecular weight excluding hydrogens is 312 g/mol. The molecule has 1 unspecified atom stereocenters. The normalized spacial score (nSPS) is 13.4. The Morgan fingerprint density at radius 1 is 1.17 bits per heavy atom. The number of rotatable bonds is 5. The first-order chi connectivity index (χ1) is 10.7. The van der Waals surface area contributed by atoms with E-state index >= 15 is 0 Å². The van der Waals surface area contributed by atoms with Gasteiger partial charge in [-0.05, 0) is 24.6 Å². The summed E-state index contributed by atoms with van der Waals surface area (Å²) < 4.78 is 0. The maximum atomic E-state index is 11.8. The third-order valence-corrected chi connectivity index (χ3v) is 3.58. The zero-order valence-corrected chi connectivity index (χ0v) is 15.3. The van der Waals surface area contributed by atoms with E-state index in [0.717, 1.165) is 10.6 Å². The quantitative estimate of drug-likeness (QED) is 0.439. The van der Waals surface area contributed by atoms with E-state index in [1.54, 1.807) is 7.05 Å². The second-order valence-electron chi connectivity index (χ2n) is 6.42. The molecule has 0 spiro atoms. The van der Waals surface area contributed by atoms with Gasteiger partial charge in [-0.15, -0.1) is 0 Å². The SMILES string of the molecule is CN=C(NCCNC(=O)C(C)(C)C)NC(C)c1ccc(Cl)cc1. The first-order valence-corrected chi connectivity index (χ1v) is 8.13. The number of nitrogens with zero attached hydrogens (tertiary/aromatic N) is 1. The molecular formula is C17H27ClN4O. The van der Waals surface area contributed by atoms with Gasteiger partial charge in [0.2, 0.25) is 5.91 Å². The summed E-state index contributed by atoms with van der Waals surface area (Å²) in [7, 11) is 1.72. The Labute approximate surface area is 143 Å². The Morgan fingerprint density at radius 2 is 1.74 bits per heavy atom. The number of hydrogen-bond acceptors (Lipinski definition) is 2. The first-order valence-electron chi connectivity index (χ1n) is 7.75. The van der Waals surface area contributed by atoms with Crippen molar-refractivity contribution >= 4 is 23.5 Å². The second kappa shape index (κ2) is 8.77. The molecule has 5 nitrogen and oxygen atoms in total. The van der Waals surface area contributed by atoms with Gasteiger partial charge in [0.15, 0.2) is 5.96 Å². The van der Waals surface area contributed by atoms with E-state index in [0.29, 0.717) is 19.0 Å². The molecule has 1 amide bonds. The number of aliphatic imine (C=N–C) groups is 1. The minimum Gasteiger partial charge on any atom is -0.355 e. The monoisotopic (exact) mass is 338 g/mol. The summed E-state index contributed by atoms with van der Waals surface area (Å²) in [4.78, 5) is 16.0. The van der Waals surface area contributed by atoms with E-state index in [1.807, 2.05) is 45.0 Å². The number of carbonyl (C=O) groups excluding carboxylic acids is 1. The van der Waals surface area contributed by atoms with Crippen molar-refractivity contribution in [1.82, 2.24) is 16.0 Å². The fourth-order valence-electron chi connectivity index (χ4n) is 1.86. The van der Waals surface area contributed by atoms with Gasteiger partial charge in [-0.3, -0.25) is 9.79 Å². The van der Waals surface area contributed by atoms with Crippen molar-refractivity contribution in [2.45, 2.75) is 33.7 Å². The molecule has 0 aliphatic carbocycles. The van der Waals surface area contributed by atoms with Gasteiger partial charge in [0.05, 0.1) is 6.04 Å². The number of amides is 1. The average Bonchev–Trinajstić information content (AvgIpc) is 2.49. The van der Waals surface area contributed by atoms with Crippen LogP contribution in [0.4, 0.5) is 0 Å². The molecule has 0 fully saturated rings. The molecule has 0 aliphatic rings. The summed E-state index contributed by atoms with van der Waals surface area (Å²) in [6.07, 6.45) is 0. The molecule has 0 radical (unpaired) electrons. The van der Waals surface area contributed by atoms with Crippen molar-refractivity contribution < 1.29 is 4.79 Å². The van der Waals surface area contributed by atoms with Crippen molar-refractivity contribution in [2.75, 3.05) is 20.1 Å². The molecule has 1 aromatic carbocycles. The lowest BCUT2D eigenvalue weighted by molar-refractivity contribution is -0.128. The molecule has 0 aliphatic heterocycles. The lowest BCUT2D eigenvalue weighted by Crippen LogP contribution is -2.44. The summed E-state index contributed by atoms with van der Waals surface area (Å²) in [6.45, 7) is 8.89. The standard InChI is InChI=1S/C17H27ClN4O/c1-12(13-6-8-14(18)9-7-13)22-16(19-5)21-11-10-20-15(23)17(2,3)4/h6-9,12H,10-11H2,1-5H3,(H,20,23)(H2,19,21,22). The van der Waals surface area contributed by atoms with Crippen LogP contribution in [0.3, 0.4) is 0 Å². The van der Waals surface area contributed by atoms with E-state index in [2.05, 4.69) is 27.9 Å². The maximum absolute atomic E-state index is 11.8. The summed E-state index contributed by atoms with van der Waals surface area (Å²) in [5.41, 5.74) is 0.752. The van der Waals surface area contributed by atoms with Crippen molar-refractivity contribution in [1.29, 1.82) is 0 Å². The minimum absolute atomic E-state index is 0.0387. The molecule has 1 atom stereocenters. The molecule has 23 heavy (non-hydrogen) atoms. The Kier molecular flexibility index (Phi) is 7.36. The Hall–Kier alpha value is -1.75. The topological polar surface area (TPSA) is 65.5 Å². The predicted molar refractivity (Wildman–Crippen MR) is 96.8 cm³/mol. The third kappa shape index (κ3) is 6.91. The van der Waals surface area contributed by atoms with Crippen LogP contribution in [-0.2, 0) is 4.79 Å². The minimum atomic E-state index is -0.372. The van der Waals surface area contributed by atoms with Crippen LogP contribution in [0.25, 0.3) is 0 Å². The highest BCUT2D eigenvalue weighted by Crippen LogP contribution is 2.15. The van der Waals surface area contributed by atoms with Gasteiger partial charge in [-0.1, -0.05) is 44.5 Å². The summed E-state index contributed by atoms with van der Waals surface area (Å²) >= 11 is 5.90. The summed E-state index contributed by atoms with van der Waals surface area (Å²) in [5.74, 6) is 0.731. The molecule has 0 saturated carbocycles. The Bertz CT molecular complexity index is 535. The highest BCUT2D eigenvalue weighted by atomic mass is 35.5. The molecule has 1 aromatic rings. The van der Waals surface area contributed by atoms with Crippen molar-refractivity contribution in [2.24, 2.45) is 10.4 Å². The Morgan fingerprint density at radius 3 is 2.26 bits per heavy atom. The molecule has 0 saturated heterocycles. The van der Waals surface area contributed by atoms with Gasteiger partial charge in [0.1, 0.15) is 0 Å². The number of carbonyl (C=O) groups is 1. The van der Waals surface area contributed by atoms with Gasteiger partial charge < -0.3 is 16.0 Å². The van der Waals surface area contributed by atoms with E-state index in [-0.39, 0.29) is 17.4 Å². The van der Waals surface area contributed by atoms with Crippen molar-refractivity contribution in [3.8, 4) is 0 Å². The van der Waals surface area contributed by atoms with Gasteiger partial charge >= 0.3 is 0 Å². The van der Waals surface area contributed by atoms with Gasteiger partial charge in [-0.2, -0.15) is 0 Å². The lowest BCUT2D eigenvalue weighted by Gasteiger charge is -2.20. The van der Waals surface area contributed by atoms with Crippen LogP contribution in [0.15, 0.2) is 29.3 Å². The van der Waals surface area contributed by atoms with E-state index < -0.39 is 0 Å². The zero-order chi connectivity index (χ0) is 17.5. The van der Waals surface area contributed by atoms with E-state index in [9.17, 15) is 4.79 Å². The number of benzene rings is 1. The van der Waals surface area contributed by atoms with Crippen LogP contribution in [0.2, 0.25) is 5.02 Å². The van der Waals surface area contributed by atoms with Crippen LogP contribution in [-0.4, -0.2) is 32.0 Å². The number of nitrogens with one attached hydrogen (secondary N) is 3. The third-order valence-electron chi connectivity index (χ3n) is 3.33. The van der Waals surface area contributed by atoms with Gasteiger partial charge in [0, 0.05) is 30.6 Å². The number of guanidine groups is 1. The number of hydrogen-bond donors (Lipinski definition) is 3. The largest absolute Gasteiger partial charge is 0.355 e. The van der Waals surface area contributed by atoms with Gasteiger partial charge in [0.25, 0.3) is 0 Å². The predicted octanol–water partition coefficient (Wildman–Crippen LogP) is 2.73. The summed E-state index contributed by atoms with van der Waals surface area (Å²) in [5, 5.41) is 10.1. The van der Waals surface area contributed by atoms with E-state index in [4.69, 9.17) is 11.6 Å². The fourth-order valence-corrected chi connectivity index (χ4v) is 1.98. The molecule has 1 rings (SSSR count). The Balaban J connectivity index is 2.40. The van der Waals surface area contributed by atoms with Gasteiger partial charge in [-0.25, -0.2) is 0 Å². The van der Waals surface area contributed by atoms with Crippen LogP contribution >= 0.6 is 11.6 Å². The summed E-state index contributed by atoms with van der Waals surface area (Å²) in [6, 6.07) is 7.80. The zero-order valence-electron chi connectivity index (χ0n) is 14.5.